The predicted molar refractivity (Wildman–Crippen MR) is 63.1 cm³/mol. The van der Waals surface area contributed by atoms with Gasteiger partial charge >= 0.3 is 0 Å². The lowest BCUT2D eigenvalue weighted by Gasteiger charge is -2.35. The van der Waals surface area contributed by atoms with E-state index in [2.05, 4.69) is 17.0 Å². The lowest BCUT2D eigenvalue weighted by Crippen LogP contribution is -2.44. The van der Waals surface area contributed by atoms with Crippen molar-refractivity contribution in [1.29, 1.82) is 0 Å². The number of likely N-dealkylation sites (N-methyl/N-ethyl adjacent to an activating group) is 1. The highest BCUT2D eigenvalue weighted by molar-refractivity contribution is 4.82. The Kier molecular flexibility index (Phi) is 3.96. The van der Waals surface area contributed by atoms with Gasteiger partial charge in [-0.2, -0.15) is 5.10 Å². The summed E-state index contributed by atoms with van der Waals surface area (Å²) in [4.78, 5) is 2.27. The van der Waals surface area contributed by atoms with Gasteiger partial charge in [-0.15, -0.1) is 0 Å². The van der Waals surface area contributed by atoms with Crippen LogP contribution < -0.4 is 0 Å². The van der Waals surface area contributed by atoms with Crippen molar-refractivity contribution in [3.63, 3.8) is 0 Å². The molecule has 0 aromatic carbocycles. The number of nitrogens with zero attached hydrogens (tertiary/aromatic N) is 3. The largest absolute Gasteiger partial charge is 0.391 e. The van der Waals surface area contributed by atoms with Gasteiger partial charge < -0.3 is 5.11 Å². The lowest BCUT2D eigenvalue weighted by atomic mass is 9.92. The van der Waals surface area contributed by atoms with Crippen LogP contribution >= 0.6 is 0 Å². The maximum absolute atomic E-state index is 9.93. The second-order valence-electron chi connectivity index (χ2n) is 4.67. The molecule has 1 aliphatic rings. The minimum absolute atomic E-state index is 0.142. The van der Waals surface area contributed by atoms with Gasteiger partial charge in [0.25, 0.3) is 0 Å². The van der Waals surface area contributed by atoms with Crippen LogP contribution in [0.3, 0.4) is 0 Å². The number of hydrogen-bond donors (Lipinski definition) is 1. The van der Waals surface area contributed by atoms with Crippen LogP contribution in [0.25, 0.3) is 0 Å². The zero-order valence-electron chi connectivity index (χ0n) is 9.92. The second-order valence-corrected chi connectivity index (χ2v) is 4.67. The van der Waals surface area contributed by atoms with Crippen LogP contribution in [-0.2, 0) is 6.54 Å². The first-order chi connectivity index (χ1) is 7.77. The predicted octanol–water partition coefficient (Wildman–Crippen LogP) is 1.12. The van der Waals surface area contributed by atoms with Crippen molar-refractivity contribution in [2.45, 2.75) is 44.4 Å². The molecule has 1 aromatic rings. The lowest BCUT2D eigenvalue weighted by molar-refractivity contribution is 0.0305. The first-order valence-corrected chi connectivity index (χ1v) is 6.13. The molecule has 0 amide bonds. The zero-order chi connectivity index (χ0) is 11.4. The fourth-order valence-corrected chi connectivity index (χ4v) is 2.46. The molecule has 0 bridgehead atoms. The van der Waals surface area contributed by atoms with E-state index in [0.717, 1.165) is 25.9 Å². The highest BCUT2D eigenvalue weighted by atomic mass is 16.3. The fraction of sp³-hybridized carbons (Fsp3) is 0.750. The van der Waals surface area contributed by atoms with Crippen LogP contribution in [0.5, 0.6) is 0 Å². The molecule has 1 N–H and O–H groups in total. The average molecular weight is 223 g/mol. The molecule has 1 aromatic heterocycles. The Morgan fingerprint density at radius 3 is 2.94 bits per heavy atom. The summed E-state index contributed by atoms with van der Waals surface area (Å²) < 4.78 is 1.94. The third kappa shape index (κ3) is 2.83. The minimum Gasteiger partial charge on any atom is -0.391 e. The van der Waals surface area contributed by atoms with E-state index in [1.807, 2.05) is 16.9 Å². The Balaban J connectivity index is 1.80. The van der Waals surface area contributed by atoms with Gasteiger partial charge in [-0.05, 0) is 26.0 Å². The molecule has 0 spiro atoms. The molecule has 4 nitrogen and oxygen atoms in total. The van der Waals surface area contributed by atoms with Gasteiger partial charge in [-0.1, -0.05) is 12.8 Å². The Labute approximate surface area is 96.9 Å². The first kappa shape index (κ1) is 11.6. The summed E-state index contributed by atoms with van der Waals surface area (Å²) in [6.07, 6.45) is 8.13. The second kappa shape index (κ2) is 5.46. The summed E-state index contributed by atoms with van der Waals surface area (Å²) in [5.74, 6) is 0. The van der Waals surface area contributed by atoms with Gasteiger partial charge in [0.2, 0.25) is 0 Å². The average Bonchev–Trinajstić information content (AvgIpc) is 2.79. The Morgan fingerprint density at radius 2 is 2.25 bits per heavy atom. The van der Waals surface area contributed by atoms with E-state index in [9.17, 15) is 5.11 Å². The minimum atomic E-state index is -0.142. The van der Waals surface area contributed by atoms with Crippen LogP contribution in [0.15, 0.2) is 18.5 Å². The SMILES string of the molecule is CN(CCn1cccn1)C1CCCCC1O. The zero-order valence-corrected chi connectivity index (χ0v) is 9.92. The highest BCUT2D eigenvalue weighted by Gasteiger charge is 2.26. The third-order valence-corrected chi connectivity index (χ3v) is 3.50. The quantitative estimate of drug-likeness (QED) is 0.831. The Hall–Kier alpha value is -0.870. The molecule has 16 heavy (non-hydrogen) atoms. The van der Waals surface area contributed by atoms with E-state index in [1.165, 1.54) is 12.8 Å². The molecule has 1 heterocycles. The Bertz CT molecular complexity index is 299. The molecule has 4 heteroatoms. The normalized spacial score (nSPS) is 26.2. The molecule has 0 radical (unpaired) electrons. The summed E-state index contributed by atoms with van der Waals surface area (Å²) in [7, 11) is 2.10. The van der Waals surface area contributed by atoms with Crippen molar-refractivity contribution in [3.05, 3.63) is 18.5 Å². The van der Waals surface area contributed by atoms with Gasteiger partial charge in [-0.25, -0.2) is 0 Å². The number of hydrogen-bond acceptors (Lipinski definition) is 3. The van der Waals surface area contributed by atoms with Crippen LogP contribution in [0.4, 0.5) is 0 Å². The fourth-order valence-electron chi connectivity index (χ4n) is 2.46. The standard InChI is InChI=1S/C12H21N3O/c1-14(9-10-15-8-4-7-13-15)11-5-2-3-6-12(11)16/h4,7-8,11-12,16H,2-3,5-6,9-10H2,1H3. The van der Waals surface area contributed by atoms with E-state index in [-0.39, 0.29) is 6.10 Å². The van der Waals surface area contributed by atoms with Gasteiger partial charge in [0.1, 0.15) is 0 Å². The summed E-state index contributed by atoms with van der Waals surface area (Å²) >= 11 is 0. The molecule has 2 unspecified atom stereocenters. The van der Waals surface area contributed by atoms with E-state index in [0.29, 0.717) is 6.04 Å². The number of rotatable bonds is 4. The number of aromatic nitrogens is 2. The van der Waals surface area contributed by atoms with Crippen molar-refractivity contribution in [2.24, 2.45) is 0 Å². The monoisotopic (exact) mass is 223 g/mol. The van der Waals surface area contributed by atoms with Crippen LogP contribution in [-0.4, -0.2) is 45.5 Å². The Morgan fingerprint density at radius 1 is 1.44 bits per heavy atom. The highest BCUT2D eigenvalue weighted by Crippen LogP contribution is 2.22. The summed E-state index contributed by atoms with van der Waals surface area (Å²) in [6, 6.07) is 2.28. The van der Waals surface area contributed by atoms with Crippen LogP contribution in [0, 0.1) is 0 Å². The van der Waals surface area contributed by atoms with Crippen molar-refractivity contribution >= 4 is 0 Å². The van der Waals surface area contributed by atoms with Crippen LogP contribution in [0.2, 0.25) is 0 Å². The van der Waals surface area contributed by atoms with E-state index in [4.69, 9.17) is 0 Å². The van der Waals surface area contributed by atoms with Gasteiger partial charge in [0.05, 0.1) is 12.6 Å². The van der Waals surface area contributed by atoms with Crippen molar-refractivity contribution in [1.82, 2.24) is 14.7 Å². The summed E-state index contributed by atoms with van der Waals surface area (Å²) in [5.41, 5.74) is 0. The first-order valence-electron chi connectivity index (χ1n) is 6.13. The van der Waals surface area contributed by atoms with Crippen molar-refractivity contribution < 1.29 is 5.11 Å². The molecule has 1 fully saturated rings. The molecule has 0 aliphatic heterocycles. The molecular weight excluding hydrogens is 202 g/mol. The van der Waals surface area contributed by atoms with Crippen molar-refractivity contribution in [3.8, 4) is 0 Å². The van der Waals surface area contributed by atoms with Gasteiger partial charge in [0, 0.05) is 25.0 Å². The number of aliphatic hydroxyl groups excluding tert-OH is 1. The smallest absolute Gasteiger partial charge is 0.0695 e. The van der Waals surface area contributed by atoms with Crippen LogP contribution in [0.1, 0.15) is 25.7 Å². The van der Waals surface area contributed by atoms with Crippen molar-refractivity contribution in [2.75, 3.05) is 13.6 Å². The molecular formula is C12H21N3O. The maximum atomic E-state index is 9.93. The molecule has 1 aliphatic carbocycles. The number of aliphatic hydroxyl groups is 1. The molecule has 2 rings (SSSR count). The maximum Gasteiger partial charge on any atom is 0.0695 e. The third-order valence-electron chi connectivity index (χ3n) is 3.50. The van der Waals surface area contributed by atoms with Gasteiger partial charge in [0.15, 0.2) is 0 Å². The summed E-state index contributed by atoms with van der Waals surface area (Å²) in [6.45, 7) is 1.84. The molecule has 0 saturated heterocycles. The summed E-state index contributed by atoms with van der Waals surface area (Å²) in [5, 5.41) is 14.1. The van der Waals surface area contributed by atoms with E-state index < -0.39 is 0 Å². The van der Waals surface area contributed by atoms with E-state index in [1.54, 1.807) is 6.20 Å². The van der Waals surface area contributed by atoms with Gasteiger partial charge in [-0.3, -0.25) is 9.58 Å². The molecule has 2 atom stereocenters. The van der Waals surface area contributed by atoms with E-state index >= 15 is 0 Å². The topological polar surface area (TPSA) is 41.3 Å². The molecule has 90 valence electrons. The molecule has 1 saturated carbocycles.